The normalized spacial score (nSPS) is 21.2. The maximum Gasteiger partial charge on any atom is 0.332 e. The molecule has 0 atom stereocenters. The predicted molar refractivity (Wildman–Crippen MR) is 211 cm³/mol. The highest BCUT2D eigenvalue weighted by atomic mass is 31.2. The first-order chi connectivity index (χ1) is 24.3. The van der Waals surface area contributed by atoms with E-state index in [9.17, 15) is 0 Å². The molecule has 0 amide bonds. The van der Waals surface area contributed by atoms with Crippen molar-refractivity contribution in [1.29, 1.82) is 0 Å². The van der Waals surface area contributed by atoms with Gasteiger partial charge in [0.05, 0.1) is 45.1 Å². The van der Waals surface area contributed by atoms with E-state index >= 15 is 0 Å². The average Bonchev–Trinajstić information content (AvgIpc) is 3.12. The van der Waals surface area contributed by atoms with Crippen LogP contribution in [0.15, 0.2) is 0 Å². The van der Waals surface area contributed by atoms with Gasteiger partial charge in [-0.05, 0) is 12.8 Å². The van der Waals surface area contributed by atoms with Crippen LogP contribution in [0.1, 0.15) is 219 Å². The summed E-state index contributed by atoms with van der Waals surface area (Å²) in [5.74, 6) is 0. The van der Waals surface area contributed by atoms with Crippen molar-refractivity contribution in [3.05, 3.63) is 0 Å². The molecular weight excluding hydrogens is 650 g/mol. The minimum Gasteiger partial charge on any atom is -0.312 e. The van der Waals surface area contributed by atoms with Crippen LogP contribution >= 0.6 is 17.2 Å². The molecule has 0 aromatic carbocycles. The van der Waals surface area contributed by atoms with Crippen LogP contribution < -0.4 is 0 Å². The quantitative estimate of drug-likeness (QED) is 0.0472. The Morgan fingerprint density at radius 2 is 0.531 bits per heavy atom. The van der Waals surface area contributed by atoms with Gasteiger partial charge in [-0.2, -0.15) is 0 Å². The van der Waals surface area contributed by atoms with Gasteiger partial charge < -0.3 is 27.1 Å². The smallest absolute Gasteiger partial charge is 0.312 e. The van der Waals surface area contributed by atoms with E-state index in [4.69, 9.17) is 27.1 Å². The summed E-state index contributed by atoms with van der Waals surface area (Å²) < 4.78 is 35.7. The first-order valence-electron chi connectivity index (χ1n) is 21.7. The molecule has 2 heterocycles. The topological polar surface area (TPSA) is 55.4 Å². The van der Waals surface area contributed by atoms with E-state index in [2.05, 4.69) is 13.8 Å². The van der Waals surface area contributed by atoms with Crippen molar-refractivity contribution in [3.8, 4) is 0 Å². The lowest BCUT2D eigenvalue weighted by atomic mass is 9.93. The molecule has 1 spiro atoms. The number of unbranched alkanes of at least 4 members (excludes halogenated alkanes) is 30. The Bertz CT molecular complexity index is 611. The summed E-state index contributed by atoms with van der Waals surface area (Å²) in [6.45, 7) is 8.31. The molecule has 49 heavy (non-hydrogen) atoms. The second kappa shape index (κ2) is 34.4. The number of hydrogen-bond donors (Lipinski definition) is 0. The monoisotopic (exact) mass is 733 g/mol. The largest absolute Gasteiger partial charge is 0.332 e. The molecule has 292 valence electrons. The second-order valence-electron chi connectivity index (χ2n) is 15.3. The van der Waals surface area contributed by atoms with Gasteiger partial charge >= 0.3 is 17.2 Å². The van der Waals surface area contributed by atoms with Gasteiger partial charge in [-0.15, -0.1) is 0 Å². The Morgan fingerprint density at radius 1 is 0.327 bits per heavy atom. The lowest BCUT2D eigenvalue weighted by molar-refractivity contribution is -0.0761. The van der Waals surface area contributed by atoms with Crippen molar-refractivity contribution >= 4 is 17.2 Å². The molecule has 2 aliphatic heterocycles. The third-order valence-corrected chi connectivity index (χ3v) is 12.4. The molecule has 0 N–H and O–H groups in total. The Hall–Kier alpha value is 0.620. The van der Waals surface area contributed by atoms with Crippen molar-refractivity contribution < 1.29 is 27.1 Å². The van der Waals surface area contributed by atoms with E-state index < -0.39 is 17.2 Å². The second-order valence-corrected chi connectivity index (χ2v) is 17.8. The van der Waals surface area contributed by atoms with Crippen LogP contribution in [0.5, 0.6) is 0 Å². The molecular formula is C41H82O6P2. The van der Waals surface area contributed by atoms with Gasteiger partial charge in [0.2, 0.25) is 0 Å². The highest BCUT2D eigenvalue weighted by molar-refractivity contribution is 7.42. The summed E-state index contributed by atoms with van der Waals surface area (Å²) in [6.07, 6.45) is 44.1. The average molecular weight is 733 g/mol. The lowest BCUT2D eigenvalue weighted by Crippen LogP contribution is -2.44. The minimum atomic E-state index is -1.24. The zero-order valence-electron chi connectivity index (χ0n) is 32.7. The molecule has 0 unspecified atom stereocenters. The summed E-state index contributed by atoms with van der Waals surface area (Å²) in [4.78, 5) is 0. The summed E-state index contributed by atoms with van der Waals surface area (Å²) in [5, 5.41) is 0. The van der Waals surface area contributed by atoms with Crippen LogP contribution in [0.2, 0.25) is 0 Å². The molecule has 8 heteroatoms. The summed E-state index contributed by atoms with van der Waals surface area (Å²) >= 11 is 0. The van der Waals surface area contributed by atoms with Gasteiger partial charge in [-0.1, -0.05) is 206 Å². The van der Waals surface area contributed by atoms with Crippen LogP contribution in [0.25, 0.3) is 0 Å². The van der Waals surface area contributed by atoms with Crippen LogP contribution in [0.3, 0.4) is 0 Å². The Kier molecular flexibility index (Phi) is 32.1. The molecule has 0 aliphatic carbocycles. The predicted octanol–water partition coefficient (Wildman–Crippen LogP) is 15.1. The molecule has 6 nitrogen and oxygen atoms in total. The van der Waals surface area contributed by atoms with Crippen molar-refractivity contribution in [2.45, 2.75) is 219 Å². The van der Waals surface area contributed by atoms with Gasteiger partial charge in [-0.3, -0.25) is 0 Å². The van der Waals surface area contributed by atoms with Gasteiger partial charge in [-0.25, -0.2) is 0 Å². The van der Waals surface area contributed by atoms with E-state index in [1.807, 2.05) is 0 Å². The maximum atomic E-state index is 5.96. The maximum absolute atomic E-state index is 5.96. The van der Waals surface area contributed by atoms with E-state index in [1.54, 1.807) is 0 Å². The third-order valence-electron chi connectivity index (χ3n) is 10.3. The van der Waals surface area contributed by atoms with Gasteiger partial charge in [0.25, 0.3) is 0 Å². The Labute approximate surface area is 308 Å². The highest BCUT2D eigenvalue weighted by Gasteiger charge is 2.43. The fraction of sp³-hybridized carbons (Fsp3) is 1.00. The van der Waals surface area contributed by atoms with E-state index in [1.165, 1.54) is 193 Å². The molecule has 2 fully saturated rings. The fourth-order valence-corrected chi connectivity index (χ4v) is 9.33. The van der Waals surface area contributed by atoms with Crippen LogP contribution in [-0.4, -0.2) is 39.6 Å². The van der Waals surface area contributed by atoms with Crippen molar-refractivity contribution in [3.63, 3.8) is 0 Å². The number of rotatable bonds is 36. The van der Waals surface area contributed by atoms with Crippen molar-refractivity contribution in [1.82, 2.24) is 0 Å². The number of hydrogen-bond acceptors (Lipinski definition) is 6. The third kappa shape index (κ3) is 26.9. The molecule has 0 bridgehead atoms. The van der Waals surface area contributed by atoms with Crippen LogP contribution in [0.4, 0.5) is 0 Å². The van der Waals surface area contributed by atoms with Crippen molar-refractivity contribution in [2.24, 2.45) is 5.41 Å². The summed E-state index contributed by atoms with van der Waals surface area (Å²) in [7, 11) is -2.48. The van der Waals surface area contributed by atoms with E-state index in [-0.39, 0.29) is 5.41 Å². The molecule has 0 aromatic heterocycles. The molecule has 2 saturated heterocycles. The van der Waals surface area contributed by atoms with Crippen LogP contribution in [-0.2, 0) is 27.1 Å². The Morgan fingerprint density at radius 3 is 0.755 bits per heavy atom. The van der Waals surface area contributed by atoms with Crippen molar-refractivity contribution in [2.75, 3.05) is 39.6 Å². The SMILES string of the molecule is CCCCCCCCCCCCCCCCCCOP1OCC2(CO1)COP(OCCCCCCCCCCCCCCCCCC)OC2. The molecule has 0 aromatic rings. The van der Waals surface area contributed by atoms with Crippen LogP contribution in [0, 0.1) is 5.41 Å². The van der Waals surface area contributed by atoms with Gasteiger partial charge in [0.1, 0.15) is 0 Å². The zero-order chi connectivity index (χ0) is 34.8. The molecule has 0 radical (unpaired) electrons. The Balaban J connectivity index is 1.28. The first-order valence-corrected chi connectivity index (χ1v) is 23.8. The van der Waals surface area contributed by atoms with Gasteiger partial charge in [0, 0.05) is 0 Å². The first kappa shape index (κ1) is 45.8. The summed E-state index contributed by atoms with van der Waals surface area (Å²) in [6, 6.07) is 0. The summed E-state index contributed by atoms with van der Waals surface area (Å²) in [5.41, 5.74) is -0.229. The highest BCUT2D eigenvalue weighted by Crippen LogP contribution is 2.53. The van der Waals surface area contributed by atoms with Gasteiger partial charge in [0.15, 0.2) is 0 Å². The zero-order valence-corrected chi connectivity index (χ0v) is 34.5. The minimum absolute atomic E-state index is 0.229. The lowest BCUT2D eigenvalue weighted by Gasteiger charge is -2.41. The standard InChI is InChI=1S/C41H82O6P2/c1-3-5-7-9-11-13-15-17-19-21-23-25-27-29-31-33-35-42-48-44-37-41(38-45-48)39-46-49(47-40-41)43-36-34-32-30-28-26-24-22-20-18-16-14-12-10-8-6-4-2/h3-40H2,1-2H3. The molecule has 2 aliphatic rings. The fourth-order valence-electron chi connectivity index (χ4n) is 6.81. The van der Waals surface area contributed by atoms with E-state index in [0.717, 1.165) is 26.1 Å². The molecule has 2 rings (SSSR count). The molecule has 0 saturated carbocycles. The van der Waals surface area contributed by atoms with E-state index in [0.29, 0.717) is 26.4 Å².